The number of aryl methyl sites for hydroxylation is 1. The van der Waals surface area contributed by atoms with E-state index in [4.69, 9.17) is 23.2 Å². The van der Waals surface area contributed by atoms with Gasteiger partial charge in [0.05, 0.1) is 0 Å². The lowest BCUT2D eigenvalue weighted by Crippen LogP contribution is -2.30. The number of halogens is 2. The maximum atomic E-state index is 6.32. The number of hydrogen-bond acceptors (Lipinski definition) is 1. The third kappa shape index (κ3) is 5.16. The van der Waals surface area contributed by atoms with Crippen LogP contribution in [-0.4, -0.2) is 13.1 Å². The van der Waals surface area contributed by atoms with Crippen LogP contribution in [0.2, 0.25) is 10.0 Å². The maximum absolute atomic E-state index is 6.32. The second-order valence-corrected chi connectivity index (χ2v) is 7.24. The first-order chi connectivity index (χ1) is 10.2. The van der Waals surface area contributed by atoms with Gasteiger partial charge in [0.1, 0.15) is 0 Å². The van der Waals surface area contributed by atoms with Crippen molar-refractivity contribution < 1.29 is 0 Å². The van der Waals surface area contributed by atoms with Crippen molar-refractivity contribution in [2.24, 2.45) is 5.41 Å². The fourth-order valence-corrected chi connectivity index (χ4v) is 4.00. The Labute approximate surface area is 139 Å². The van der Waals surface area contributed by atoms with Crippen LogP contribution in [0.4, 0.5) is 0 Å². The van der Waals surface area contributed by atoms with Gasteiger partial charge in [-0.15, -0.1) is 0 Å². The van der Waals surface area contributed by atoms with Gasteiger partial charge in [-0.3, -0.25) is 0 Å². The normalized spacial score (nSPS) is 17.9. The second kappa shape index (κ2) is 8.41. The highest BCUT2D eigenvalue weighted by molar-refractivity contribution is 6.33. The lowest BCUT2D eigenvalue weighted by molar-refractivity contribution is 0.157. The number of nitrogens with one attached hydrogen (secondary N) is 1. The average Bonchev–Trinajstić information content (AvgIpc) is 2.50. The minimum absolute atomic E-state index is 0.506. The van der Waals surface area contributed by atoms with Crippen molar-refractivity contribution in [3.05, 3.63) is 33.8 Å². The molecule has 1 nitrogen and oxygen atoms in total. The number of hydrogen-bond donors (Lipinski definition) is 1. The molecule has 0 heterocycles. The molecule has 3 heteroatoms. The molecule has 0 aliphatic heterocycles. The number of rotatable bonds is 7. The van der Waals surface area contributed by atoms with Gasteiger partial charge in [0.25, 0.3) is 0 Å². The predicted molar refractivity (Wildman–Crippen MR) is 93.5 cm³/mol. The van der Waals surface area contributed by atoms with Crippen LogP contribution in [0.3, 0.4) is 0 Å². The highest BCUT2D eigenvalue weighted by Gasteiger charge is 2.31. The molecule has 0 spiro atoms. The summed E-state index contributed by atoms with van der Waals surface area (Å²) in [6, 6.07) is 5.82. The van der Waals surface area contributed by atoms with Crippen LogP contribution in [0.5, 0.6) is 0 Å². The van der Waals surface area contributed by atoms with E-state index in [0.717, 1.165) is 29.6 Å². The molecule has 0 bridgehead atoms. The van der Waals surface area contributed by atoms with Crippen LogP contribution in [0.1, 0.15) is 57.4 Å². The zero-order chi connectivity index (χ0) is 15.1. The summed E-state index contributed by atoms with van der Waals surface area (Å²) in [6.07, 6.45) is 10.5. The van der Waals surface area contributed by atoms with E-state index in [0.29, 0.717) is 5.41 Å². The lowest BCUT2D eigenvalue weighted by Gasteiger charge is -2.38. The molecule has 1 aliphatic rings. The van der Waals surface area contributed by atoms with E-state index in [1.807, 2.05) is 18.2 Å². The molecular formula is C18H27Cl2N. The van der Waals surface area contributed by atoms with Gasteiger partial charge in [0.15, 0.2) is 0 Å². The van der Waals surface area contributed by atoms with E-state index in [2.05, 4.69) is 12.2 Å². The minimum atomic E-state index is 0.506. The van der Waals surface area contributed by atoms with Crippen molar-refractivity contribution in [2.45, 2.75) is 58.3 Å². The fraction of sp³-hybridized carbons (Fsp3) is 0.667. The first kappa shape index (κ1) is 17.1. The van der Waals surface area contributed by atoms with Crippen LogP contribution in [-0.2, 0) is 6.42 Å². The van der Waals surface area contributed by atoms with Gasteiger partial charge in [0.2, 0.25) is 0 Å². The Morgan fingerprint density at radius 2 is 1.86 bits per heavy atom. The highest BCUT2D eigenvalue weighted by atomic mass is 35.5. The minimum Gasteiger partial charge on any atom is -0.317 e. The summed E-state index contributed by atoms with van der Waals surface area (Å²) < 4.78 is 0. The summed E-state index contributed by atoms with van der Waals surface area (Å²) in [4.78, 5) is 0. The third-order valence-corrected chi connectivity index (χ3v) is 5.53. The van der Waals surface area contributed by atoms with Crippen molar-refractivity contribution in [1.82, 2.24) is 5.32 Å². The predicted octanol–water partition coefficient (Wildman–Crippen LogP) is 5.88. The molecule has 1 aromatic rings. The molecule has 0 saturated heterocycles. The molecule has 118 valence electrons. The van der Waals surface area contributed by atoms with E-state index in [1.54, 1.807) is 0 Å². The van der Waals surface area contributed by atoms with E-state index in [9.17, 15) is 0 Å². The largest absolute Gasteiger partial charge is 0.317 e. The van der Waals surface area contributed by atoms with Crippen LogP contribution >= 0.6 is 23.2 Å². The number of benzene rings is 1. The first-order valence-corrected chi connectivity index (χ1v) is 9.05. The standard InChI is InChI=1S/C18H27Cl2N/c1-2-21-13-12-18(9-4-3-5-10-18)11-8-15-14-16(19)6-7-17(15)20/h6-7,14,21H,2-5,8-13H2,1H3. The maximum Gasteiger partial charge on any atom is 0.0439 e. The van der Waals surface area contributed by atoms with Gasteiger partial charge in [-0.1, -0.05) is 49.4 Å². The zero-order valence-electron chi connectivity index (χ0n) is 13.1. The van der Waals surface area contributed by atoms with Gasteiger partial charge in [-0.25, -0.2) is 0 Å². The Hall–Kier alpha value is -0.240. The Balaban J connectivity index is 1.99. The van der Waals surface area contributed by atoms with Crippen molar-refractivity contribution >= 4 is 23.2 Å². The van der Waals surface area contributed by atoms with E-state index < -0.39 is 0 Å². The molecule has 1 aromatic carbocycles. The summed E-state index contributed by atoms with van der Waals surface area (Å²) in [5.41, 5.74) is 1.71. The molecule has 1 fully saturated rings. The summed E-state index contributed by atoms with van der Waals surface area (Å²) in [5.74, 6) is 0. The SMILES string of the molecule is CCNCCC1(CCc2cc(Cl)ccc2Cl)CCCCC1. The Bertz CT molecular complexity index is 439. The molecule has 0 radical (unpaired) electrons. The van der Waals surface area contributed by atoms with Crippen LogP contribution in [0.15, 0.2) is 18.2 Å². The Morgan fingerprint density at radius 1 is 1.10 bits per heavy atom. The Morgan fingerprint density at radius 3 is 2.57 bits per heavy atom. The van der Waals surface area contributed by atoms with E-state index in [1.165, 1.54) is 50.5 Å². The molecule has 1 saturated carbocycles. The molecule has 0 unspecified atom stereocenters. The second-order valence-electron chi connectivity index (χ2n) is 6.40. The Kier molecular flexibility index (Phi) is 6.85. The van der Waals surface area contributed by atoms with Gasteiger partial charge >= 0.3 is 0 Å². The summed E-state index contributed by atoms with van der Waals surface area (Å²) in [7, 11) is 0. The molecule has 1 N–H and O–H groups in total. The average molecular weight is 328 g/mol. The lowest BCUT2D eigenvalue weighted by atomic mass is 9.68. The van der Waals surface area contributed by atoms with Gasteiger partial charge in [0, 0.05) is 10.0 Å². The van der Waals surface area contributed by atoms with Crippen LogP contribution < -0.4 is 5.32 Å². The van der Waals surface area contributed by atoms with E-state index in [-0.39, 0.29) is 0 Å². The summed E-state index contributed by atoms with van der Waals surface area (Å²) >= 11 is 12.4. The fourth-order valence-electron chi connectivity index (χ4n) is 3.59. The smallest absolute Gasteiger partial charge is 0.0439 e. The molecule has 0 atom stereocenters. The zero-order valence-corrected chi connectivity index (χ0v) is 14.6. The van der Waals surface area contributed by atoms with Gasteiger partial charge in [-0.05, 0) is 74.4 Å². The monoisotopic (exact) mass is 327 g/mol. The van der Waals surface area contributed by atoms with Crippen molar-refractivity contribution in [2.75, 3.05) is 13.1 Å². The van der Waals surface area contributed by atoms with Crippen LogP contribution in [0.25, 0.3) is 0 Å². The first-order valence-electron chi connectivity index (χ1n) is 8.30. The molecule has 21 heavy (non-hydrogen) atoms. The van der Waals surface area contributed by atoms with Crippen molar-refractivity contribution in [3.8, 4) is 0 Å². The van der Waals surface area contributed by atoms with Gasteiger partial charge < -0.3 is 5.32 Å². The van der Waals surface area contributed by atoms with Crippen LogP contribution in [0, 0.1) is 5.41 Å². The molecule has 2 rings (SSSR count). The van der Waals surface area contributed by atoms with Crippen molar-refractivity contribution in [3.63, 3.8) is 0 Å². The molecular weight excluding hydrogens is 301 g/mol. The van der Waals surface area contributed by atoms with Gasteiger partial charge in [-0.2, -0.15) is 0 Å². The van der Waals surface area contributed by atoms with Crippen molar-refractivity contribution in [1.29, 1.82) is 0 Å². The highest BCUT2D eigenvalue weighted by Crippen LogP contribution is 2.43. The molecule has 1 aliphatic carbocycles. The topological polar surface area (TPSA) is 12.0 Å². The third-order valence-electron chi connectivity index (χ3n) is 4.93. The molecule has 0 aromatic heterocycles. The molecule has 0 amide bonds. The quantitative estimate of drug-likeness (QED) is 0.617. The summed E-state index contributed by atoms with van der Waals surface area (Å²) in [5, 5.41) is 5.14. The summed E-state index contributed by atoms with van der Waals surface area (Å²) in [6.45, 7) is 4.38. The van der Waals surface area contributed by atoms with E-state index >= 15 is 0 Å².